The van der Waals surface area contributed by atoms with Crippen LogP contribution in [0.25, 0.3) is 0 Å². The van der Waals surface area contributed by atoms with Gasteiger partial charge in [-0.2, -0.15) is 0 Å². The fourth-order valence-electron chi connectivity index (χ4n) is 5.11. The minimum absolute atomic E-state index is 0.000412. The summed E-state index contributed by atoms with van der Waals surface area (Å²) >= 11 is 0. The third-order valence-corrected chi connectivity index (χ3v) is 12.0. The van der Waals surface area contributed by atoms with E-state index in [-0.39, 0.29) is 11.6 Å². The lowest BCUT2D eigenvalue weighted by molar-refractivity contribution is -0.292. The van der Waals surface area contributed by atoms with Gasteiger partial charge in [0.2, 0.25) is 0 Å². The number of hydrogen-bond acceptors (Lipinski definition) is 7. The van der Waals surface area contributed by atoms with Gasteiger partial charge in [0.15, 0.2) is 12.4 Å². The topological polar surface area (TPSA) is 94.5 Å². The Balaban J connectivity index is 1.65. The Kier molecular flexibility index (Phi) is 8.82. The molecule has 1 aliphatic rings. The molecule has 202 valence electrons. The van der Waals surface area contributed by atoms with Crippen molar-refractivity contribution in [1.29, 1.82) is 0 Å². The SMILES string of the molecule is CO[C@@H]1O[C@H](CO[Si](c2ccccc2)(c2ccccc2)C(C)(C)C)[C@H](O)[C@H](OC(=O)c2ccccc2)[C@H]1O. The van der Waals surface area contributed by atoms with Gasteiger partial charge in [-0.25, -0.2) is 4.79 Å². The van der Waals surface area contributed by atoms with Crippen LogP contribution in [0, 0.1) is 0 Å². The molecule has 38 heavy (non-hydrogen) atoms. The zero-order valence-corrected chi connectivity index (χ0v) is 23.2. The highest BCUT2D eigenvalue weighted by atomic mass is 28.4. The van der Waals surface area contributed by atoms with Crippen molar-refractivity contribution in [2.24, 2.45) is 0 Å². The van der Waals surface area contributed by atoms with E-state index >= 15 is 0 Å². The highest BCUT2D eigenvalue weighted by molar-refractivity contribution is 6.99. The minimum atomic E-state index is -2.92. The van der Waals surface area contributed by atoms with E-state index in [9.17, 15) is 15.0 Å². The smallest absolute Gasteiger partial charge is 0.338 e. The van der Waals surface area contributed by atoms with Crippen molar-refractivity contribution in [2.75, 3.05) is 13.7 Å². The van der Waals surface area contributed by atoms with Crippen LogP contribution in [0.5, 0.6) is 0 Å². The van der Waals surface area contributed by atoms with E-state index in [0.29, 0.717) is 5.56 Å². The Hall–Kier alpha value is -2.85. The molecule has 3 aromatic carbocycles. The normalized spacial score (nSPS) is 24.1. The first kappa shape index (κ1) is 28.2. The van der Waals surface area contributed by atoms with Crippen LogP contribution in [0.1, 0.15) is 31.1 Å². The summed E-state index contributed by atoms with van der Waals surface area (Å²) in [6.45, 7) is 6.47. The zero-order chi connectivity index (χ0) is 27.3. The predicted octanol–water partition coefficient (Wildman–Crippen LogP) is 2.88. The van der Waals surface area contributed by atoms with Crippen LogP contribution < -0.4 is 10.4 Å². The Labute approximate surface area is 225 Å². The number of rotatable bonds is 8. The lowest BCUT2D eigenvalue weighted by Crippen LogP contribution is -2.68. The summed E-state index contributed by atoms with van der Waals surface area (Å²) < 4.78 is 23.8. The van der Waals surface area contributed by atoms with E-state index in [1.807, 2.05) is 36.4 Å². The monoisotopic (exact) mass is 536 g/mol. The molecule has 0 aromatic heterocycles. The van der Waals surface area contributed by atoms with Gasteiger partial charge in [0.25, 0.3) is 8.32 Å². The largest absolute Gasteiger partial charge is 0.453 e. The maximum atomic E-state index is 12.8. The fraction of sp³-hybridized carbons (Fsp3) is 0.367. The van der Waals surface area contributed by atoms with Gasteiger partial charge in [-0.3, -0.25) is 0 Å². The average Bonchev–Trinajstić information content (AvgIpc) is 2.93. The van der Waals surface area contributed by atoms with E-state index in [2.05, 4.69) is 45.0 Å². The lowest BCUT2D eigenvalue weighted by Gasteiger charge is -2.46. The third-order valence-electron chi connectivity index (χ3n) is 7.01. The maximum Gasteiger partial charge on any atom is 0.338 e. The van der Waals surface area contributed by atoms with Gasteiger partial charge < -0.3 is 28.8 Å². The second-order valence-electron chi connectivity index (χ2n) is 10.5. The molecule has 1 fully saturated rings. The number of aliphatic hydroxyl groups is 2. The molecule has 1 aliphatic heterocycles. The molecule has 0 unspecified atom stereocenters. The molecule has 0 saturated carbocycles. The number of carbonyl (C=O) groups excluding carboxylic acids is 1. The van der Waals surface area contributed by atoms with E-state index in [1.54, 1.807) is 30.3 Å². The van der Waals surface area contributed by atoms with Crippen molar-refractivity contribution in [2.45, 2.75) is 56.5 Å². The van der Waals surface area contributed by atoms with Crippen LogP contribution in [0.2, 0.25) is 5.04 Å². The molecule has 0 bridgehead atoms. The quantitative estimate of drug-likeness (QED) is 0.338. The molecular weight excluding hydrogens is 500 g/mol. The van der Waals surface area contributed by atoms with Gasteiger partial charge in [-0.05, 0) is 27.5 Å². The Morgan fingerprint density at radius 2 is 1.34 bits per heavy atom. The lowest BCUT2D eigenvalue weighted by atomic mass is 9.99. The van der Waals surface area contributed by atoms with Crippen molar-refractivity contribution in [3.63, 3.8) is 0 Å². The molecule has 1 saturated heterocycles. The molecule has 0 aliphatic carbocycles. The molecule has 0 radical (unpaired) electrons. The Bertz CT molecular complexity index is 1130. The van der Waals surface area contributed by atoms with Gasteiger partial charge in [0.05, 0.1) is 12.2 Å². The summed E-state index contributed by atoms with van der Waals surface area (Å²) in [6, 6.07) is 28.7. The van der Waals surface area contributed by atoms with Crippen molar-refractivity contribution in [3.05, 3.63) is 96.6 Å². The Morgan fingerprint density at radius 1 is 0.842 bits per heavy atom. The van der Waals surface area contributed by atoms with E-state index in [4.69, 9.17) is 18.6 Å². The Morgan fingerprint density at radius 3 is 1.82 bits per heavy atom. The summed E-state index contributed by atoms with van der Waals surface area (Å²) in [5, 5.41) is 24.0. The third kappa shape index (κ3) is 5.61. The first-order valence-electron chi connectivity index (χ1n) is 12.7. The number of carbonyl (C=O) groups is 1. The van der Waals surface area contributed by atoms with Crippen LogP contribution in [-0.4, -0.2) is 68.9 Å². The fourth-order valence-corrected chi connectivity index (χ4v) is 9.68. The van der Waals surface area contributed by atoms with Gasteiger partial charge in [0, 0.05) is 7.11 Å². The highest BCUT2D eigenvalue weighted by Crippen LogP contribution is 2.37. The van der Waals surface area contributed by atoms with Gasteiger partial charge in [0.1, 0.15) is 18.3 Å². The number of aliphatic hydroxyl groups excluding tert-OH is 2. The molecule has 3 aromatic rings. The van der Waals surface area contributed by atoms with Crippen molar-refractivity contribution in [1.82, 2.24) is 0 Å². The second-order valence-corrected chi connectivity index (χ2v) is 14.8. The summed E-state index contributed by atoms with van der Waals surface area (Å²) in [4.78, 5) is 12.8. The molecule has 8 heteroatoms. The summed E-state index contributed by atoms with van der Waals surface area (Å²) in [5.74, 6) is -0.655. The van der Waals surface area contributed by atoms with Crippen LogP contribution >= 0.6 is 0 Å². The highest BCUT2D eigenvalue weighted by Gasteiger charge is 2.53. The summed E-state index contributed by atoms with van der Waals surface area (Å²) in [5.41, 5.74) is 0.312. The number of methoxy groups -OCH3 is 1. The number of hydrogen-bond donors (Lipinski definition) is 2. The standard InChI is InChI=1S/C30H36O7Si/c1-30(2,3)38(22-16-10-6-11-17-22,23-18-12-7-13-19-23)35-20-24-25(31)27(26(32)29(34-4)36-24)37-28(33)21-14-8-5-9-15-21/h5-19,24-27,29,31-32H,20H2,1-4H3/t24-,25+,26-,27+,29-/m1/s1. The average molecular weight is 537 g/mol. The molecule has 4 rings (SSSR count). The van der Waals surface area contributed by atoms with Crippen molar-refractivity contribution < 1.29 is 33.6 Å². The first-order valence-corrected chi connectivity index (χ1v) is 14.7. The first-order chi connectivity index (χ1) is 18.2. The number of ether oxygens (including phenoxy) is 3. The van der Waals surface area contributed by atoms with E-state index in [1.165, 1.54) is 7.11 Å². The molecule has 0 spiro atoms. The molecule has 7 nitrogen and oxygen atoms in total. The zero-order valence-electron chi connectivity index (χ0n) is 22.2. The molecule has 1 heterocycles. The molecule has 5 atom stereocenters. The molecule has 0 amide bonds. The van der Waals surface area contributed by atoms with Gasteiger partial charge in [-0.1, -0.05) is 99.6 Å². The summed E-state index contributed by atoms with van der Waals surface area (Å²) in [7, 11) is -1.53. The van der Waals surface area contributed by atoms with Crippen LogP contribution in [0.15, 0.2) is 91.0 Å². The van der Waals surface area contributed by atoms with Crippen molar-refractivity contribution in [3.8, 4) is 0 Å². The number of esters is 1. The maximum absolute atomic E-state index is 12.8. The summed E-state index contributed by atoms with van der Waals surface area (Å²) in [6.07, 6.45) is -6.03. The van der Waals surface area contributed by atoms with Gasteiger partial charge >= 0.3 is 5.97 Å². The predicted molar refractivity (Wildman–Crippen MR) is 147 cm³/mol. The second kappa shape index (κ2) is 11.9. The van der Waals surface area contributed by atoms with Gasteiger partial charge in [-0.15, -0.1) is 0 Å². The van der Waals surface area contributed by atoms with E-state index in [0.717, 1.165) is 10.4 Å². The van der Waals surface area contributed by atoms with Crippen LogP contribution in [0.4, 0.5) is 0 Å². The minimum Gasteiger partial charge on any atom is -0.453 e. The number of benzene rings is 3. The van der Waals surface area contributed by atoms with E-state index < -0.39 is 45.0 Å². The van der Waals surface area contributed by atoms with Crippen LogP contribution in [0.3, 0.4) is 0 Å². The molecule has 2 N–H and O–H groups in total. The van der Waals surface area contributed by atoms with Crippen molar-refractivity contribution >= 4 is 24.7 Å². The van der Waals surface area contributed by atoms with Crippen LogP contribution in [-0.2, 0) is 18.6 Å². The molecular formula is C30H36O7Si.